The van der Waals surface area contributed by atoms with Gasteiger partial charge in [-0.2, -0.15) is 0 Å². The lowest BCUT2D eigenvalue weighted by atomic mass is 10.3. The molecule has 0 spiro atoms. The summed E-state index contributed by atoms with van der Waals surface area (Å²) in [6.45, 7) is 5.32. The molecule has 0 saturated carbocycles. The van der Waals surface area contributed by atoms with Gasteiger partial charge in [0.2, 0.25) is 5.91 Å². The quantitative estimate of drug-likeness (QED) is 0.392. The first kappa shape index (κ1) is 15.2. The maximum atomic E-state index is 11.1. The number of amides is 1. The zero-order valence-corrected chi connectivity index (χ0v) is 10.1. The Morgan fingerprint density at radius 3 is 2.29 bits per heavy atom. The minimum Gasteiger partial charge on any atom is -0.469 e. The molecular formula is C11H17NO5. The van der Waals surface area contributed by atoms with Crippen molar-refractivity contribution >= 4 is 17.8 Å². The Kier molecular flexibility index (Phi) is 7.41. The first-order valence-electron chi connectivity index (χ1n) is 5.13. The first-order chi connectivity index (χ1) is 7.97. The second-order valence-corrected chi connectivity index (χ2v) is 3.33. The molecule has 17 heavy (non-hydrogen) atoms. The first-order valence-corrected chi connectivity index (χ1v) is 5.13. The van der Waals surface area contributed by atoms with Crippen molar-refractivity contribution in [3.8, 4) is 0 Å². The molecule has 0 aliphatic heterocycles. The molecular weight excluding hydrogens is 226 g/mol. The van der Waals surface area contributed by atoms with Gasteiger partial charge in [0.25, 0.3) is 0 Å². The molecule has 6 heteroatoms. The van der Waals surface area contributed by atoms with Crippen LogP contribution in [0.25, 0.3) is 0 Å². The zero-order valence-electron chi connectivity index (χ0n) is 10.1. The fraction of sp³-hybridized carbons (Fsp3) is 0.545. The molecule has 0 aromatic carbocycles. The number of ether oxygens (including phenoxy) is 2. The highest BCUT2D eigenvalue weighted by atomic mass is 16.5. The second kappa shape index (κ2) is 8.32. The summed E-state index contributed by atoms with van der Waals surface area (Å²) in [5.41, 5.74) is 0.391. The van der Waals surface area contributed by atoms with E-state index in [1.165, 1.54) is 7.11 Å². The maximum Gasteiger partial charge on any atom is 0.306 e. The van der Waals surface area contributed by atoms with Crippen molar-refractivity contribution in [1.82, 2.24) is 5.32 Å². The molecule has 0 aromatic heterocycles. The number of nitrogens with one attached hydrogen (secondary N) is 1. The SMILES string of the molecule is C=C(C)C(=O)NCCOC(=O)CCC(=O)OC. The monoisotopic (exact) mass is 243 g/mol. The lowest BCUT2D eigenvalue weighted by molar-refractivity contribution is -0.148. The van der Waals surface area contributed by atoms with Gasteiger partial charge in [-0.25, -0.2) is 0 Å². The molecule has 0 rings (SSSR count). The predicted molar refractivity (Wildman–Crippen MR) is 60.0 cm³/mol. The van der Waals surface area contributed by atoms with Crippen LogP contribution in [0.1, 0.15) is 19.8 Å². The van der Waals surface area contributed by atoms with E-state index in [1.807, 2.05) is 0 Å². The zero-order chi connectivity index (χ0) is 13.3. The van der Waals surface area contributed by atoms with E-state index >= 15 is 0 Å². The van der Waals surface area contributed by atoms with Crippen molar-refractivity contribution in [2.45, 2.75) is 19.8 Å². The number of methoxy groups -OCH3 is 1. The predicted octanol–water partition coefficient (Wildman–Crippen LogP) is 0.175. The molecule has 0 saturated heterocycles. The lowest BCUT2D eigenvalue weighted by Crippen LogP contribution is -2.28. The van der Waals surface area contributed by atoms with Crippen LogP contribution in [-0.2, 0) is 23.9 Å². The van der Waals surface area contributed by atoms with Crippen molar-refractivity contribution in [1.29, 1.82) is 0 Å². The molecule has 0 fully saturated rings. The second-order valence-electron chi connectivity index (χ2n) is 3.33. The van der Waals surface area contributed by atoms with Crippen LogP contribution in [0, 0.1) is 0 Å². The Labute approximate surface area is 100.0 Å². The summed E-state index contributed by atoms with van der Waals surface area (Å²) in [4.78, 5) is 32.8. The number of hydrogen-bond donors (Lipinski definition) is 1. The third-order valence-electron chi connectivity index (χ3n) is 1.80. The molecule has 0 aliphatic carbocycles. The average Bonchev–Trinajstić information content (AvgIpc) is 2.30. The third kappa shape index (κ3) is 8.01. The highest BCUT2D eigenvalue weighted by molar-refractivity contribution is 5.92. The molecule has 0 heterocycles. The van der Waals surface area contributed by atoms with E-state index in [0.29, 0.717) is 5.57 Å². The lowest BCUT2D eigenvalue weighted by Gasteiger charge is -2.06. The van der Waals surface area contributed by atoms with Gasteiger partial charge in [0.05, 0.1) is 26.5 Å². The van der Waals surface area contributed by atoms with Gasteiger partial charge < -0.3 is 14.8 Å². The summed E-state index contributed by atoms with van der Waals surface area (Å²) in [5, 5.41) is 2.51. The van der Waals surface area contributed by atoms with Crippen molar-refractivity contribution in [3.05, 3.63) is 12.2 Å². The topological polar surface area (TPSA) is 81.7 Å². The van der Waals surface area contributed by atoms with E-state index in [2.05, 4.69) is 16.6 Å². The normalized spacial score (nSPS) is 9.29. The van der Waals surface area contributed by atoms with Crippen molar-refractivity contribution < 1.29 is 23.9 Å². The van der Waals surface area contributed by atoms with E-state index in [0.717, 1.165) is 0 Å². The van der Waals surface area contributed by atoms with E-state index in [9.17, 15) is 14.4 Å². The number of carbonyl (C=O) groups excluding carboxylic acids is 3. The Hall–Kier alpha value is -1.85. The minimum absolute atomic E-state index is 0.00649. The summed E-state index contributed by atoms with van der Waals surface area (Å²) < 4.78 is 9.15. The Morgan fingerprint density at radius 1 is 1.18 bits per heavy atom. The van der Waals surface area contributed by atoms with E-state index in [4.69, 9.17) is 4.74 Å². The standard InChI is InChI=1S/C11H17NO5/c1-8(2)11(15)12-6-7-17-10(14)5-4-9(13)16-3/h1,4-7H2,2-3H3,(H,12,15). The summed E-state index contributed by atoms with van der Waals surface area (Å²) in [6.07, 6.45) is -0.0332. The van der Waals surface area contributed by atoms with Crippen LogP contribution in [0.4, 0.5) is 0 Å². The number of hydrogen-bond acceptors (Lipinski definition) is 5. The van der Waals surface area contributed by atoms with Gasteiger partial charge in [0, 0.05) is 5.57 Å². The fourth-order valence-electron chi connectivity index (χ4n) is 0.859. The van der Waals surface area contributed by atoms with Gasteiger partial charge in [-0.15, -0.1) is 0 Å². The highest BCUT2D eigenvalue weighted by Crippen LogP contribution is 1.94. The molecule has 1 N–H and O–H groups in total. The maximum absolute atomic E-state index is 11.1. The Balaban J connectivity index is 3.55. The van der Waals surface area contributed by atoms with Gasteiger partial charge in [-0.05, 0) is 6.92 Å². The van der Waals surface area contributed by atoms with Gasteiger partial charge in [-0.1, -0.05) is 6.58 Å². The van der Waals surface area contributed by atoms with Crippen LogP contribution < -0.4 is 5.32 Å². The van der Waals surface area contributed by atoms with Crippen LogP contribution in [0.3, 0.4) is 0 Å². The summed E-state index contributed by atoms with van der Waals surface area (Å²) in [7, 11) is 1.25. The van der Waals surface area contributed by atoms with Crippen LogP contribution in [-0.4, -0.2) is 38.1 Å². The van der Waals surface area contributed by atoms with Gasteiger partial charge in [0.15, 0.2) is 0 Å². The fourth-order valence-corrected chi connectivity index (χ4v) is 0.859. The molecule has 0 atom stereocenters. The molecule has 0 unspecified atom stereocenters. The molecule has 0 bridgehead atoms. The number of rotatable bonds is 7. The smallest absolute Gasteiger partial charge is 0.306 e. The summed E-state index contributed by atoms with van der Waals surface area (Å²) in [6, 6.07) is 0. The Bertz CT molecular complexity index is 311. The average molecular weight is 243 g/mol. The molecule has 1 amide bonds. The molecule has 6 nitrogen and oxygen atoms in total. The highest BCUT2D eigenvalue weighted by Gasteiger charge is 2.08. The van der Waals surface area contributed by atoms with Crippen LogP contribution in [0.15, 0.2) is 12.2 Å². The van der Waals surface area contributed by atoms with E-state index in [-0.39, 0.29) is 31.9 Å². The van der Waals surface area contributed by atoms with Gasteiger partial charge >= 0.3 is 11.9 Å². The van der Waals surface area contributed by atoms with E-state index < -0.39 is 11.9 Å². The van der Waals surface area contributed by atoms with E-state index in [1.54, 1.807) is 6.92 Å². The van der Waals surface area contributed by atoms with Crippen molar-refractivity contribution in [2.75, 3.05) is 20.3 Å². The molecule has 96 valence electrons. The number of carbonyl (C=O) groups is 3. The van der Waals surface area contributed by atoms with Crippen molar-refractivity contribution in [3.63, 3.8) is 0 Å². The molecule has 0 aliphatic rings. The van der Waals surface area contributed by atoms with Gasteiger partial charge in [-0.3, -0.25) is 14.4 Å². The van der Waals surface area contributed by atoms with Crippen LogP contribution >= 0.6 is 0 Å². The van der Waals surface area contributed by atoms with Crippen LogP contribution in [0.2, 0.25) is 0 Å². The van der Waals surface area contributed by atoms with Crippen LogP contribution in [0.5, 0.6) is 0 Å². The van der Waals surface area contributed by atoms with Crippen molar-refractivity contribution in [2.24, 2.45) is 0 Å². The largest absolute Gasteiger partial charge is 0.469 e. The third-order valence-corrected chi connectivity index (χ3v) is 1.80. The minimum atomic E-state index is -0.500. The molecule has 0 aromatic rings. The summed E-state index contributed by atoms with van der Waals surface area (Å²) >= 11 is 0. The van der Waals surface area contributed by atoms with Gasteiger partial charge in [0.1, 0.15) is 6.61 Å². The molecule has 0 radical (unpaired) electrons. The summed E-state index contributed by atoms with van der Waals surface area (Å²) in [5.74, 6) is -1.24. The number of esters is 2. The Morgan fingerprint density at radius 2 is 1.76 bits per heavy atom.